The molecule has 0 bridgehead atoms. The zero-order chi connectivity index (χ0) is 22.9. The number of nitrogens with one attached hydrogen (secondary N) is 3. The number of fused-ring (bicyclic) bond motifs is 1. The Bertz CT molecular complexity index is 941. The Labute approximate surface area is 190 Å². The highest BCUT2D eigenvalue weighted by atomic mass is 16.5. The van der Waals surface area contributed by atoms with Crippen LogP contribution in [0.5, 0.6) is 11.5 Å². The van der Waals surface area contributed by atoms with Gasteiger partial charge in [-0.15, -0.1) is 0 Å². The lowest BCUT2D eigenvalue weighted by Gasteiger charge is -2.15. The van der Waals surface area contributed by atoms with Gasteiger partial charge in [0.2, 0.25) is 0 Å². The number of aliphatic imine (C=N–C) groups is 1. The van der Waals surface area contributed by atoms with Gasteiger partial charge in [-0.05, 0) is 57.5 Å². The molecule has 0 saturated carbocycles. The number of hydrogen-bond donors (Lipinski definition) is 3. The second kappa shape index (κ2) is 11.4. The van der Waals surface area contributed by atoms with Crippen LogP contribution >= 0.6 is 0 Å². The molecular weight excluding hydrogens is 404 g/mol. The summed E-state index contributed by atoms with van der Waals surface area (Å²) in [5.41, 5.74) is 3.92. The van der Waals surface area contributed by atoms with Gasteiger partial charge in [0.05, 0.1) is 13.2 Å². The van der Waals surface area contributed by atoms with Crippen molar-refractivity contribution in [2.75, 3.05) is 19.7 Å². The number of nitrogens with zero attached hydrogens (tertiary/aromatic N) is 1. The molecule has 0 aliphatic carbocycles. The van der Waals surface area contributed by atoms with Crippen LogP contribution in [0, 0.1) is 0 Å². The smallest absolute Gasteiger partial charge is 0.251 e. The number of carbonyl (C=O) groups is 1. The van der Waals surface area contributed by atoms with Crippen LogP contribution in [0.15, 0.2) is 41.4 Å². The standard InChI is InChI=1S/C25H34N4O3/c1-5-26-24(30)19-10-8-18(9-11-19)15-28-25(27-6-2)29-16-21-14-23-20(12-17(4)32-23)13-22(21)31-7-3/h8-11,13-14,17H,5-7,12,15-16H2,1-4H3,(H,26,30)(H2,27,28,29). The van der Waals surface area contributed by atoms with Crippen molar-refractivity contribution in [3.8, 4) is 11.5 Å². The Morgan fingerprint density at radius 1 is 1.09 bits per heavy atom. The van der Waals surface area contributed by atoms with Crippen molar-refractivity contribution < 1.29 is 14.3 Å². The minimum Gasteiger partial charge on any atom is -0.494 e. The van der Waals surface area contributed by atoms with Crippen molar-refractivity contribution in [2.45, 2.75) is 53.3 Å². The highest BCUT2D eigenvalue weighted by molar-refractivity contribution is 5.94. The molecule has 0 spiro atoms. The van der Waals surface area contributed by atoms with Gasteiger partial charge in [-0.2, -0.15) is 0 Å². The summed E-state index contributed by atoms with van der Waals surface area (Å²) in [5, 5.41) is 9.48. The number of rotatable bonds is 9. The molecule has 0 saturated heterocycles. The van der Waals surface area contributed by atoms with Crippen molar-refractivity contribution >= 4 is 11.9 Å². The first-order valence-electron chi connectivity index (χ1n) is 11.4. The van der Waals surface area contributed by atoms with Crippen molar-refractivity contribution in [3.05, 3.63) is 58.7 Å². The molecule has 172 valence electrons. The molecule has 7 nitrogen and oxygen atoms in total. The molecule has 0 radical (unpaired) electrons. The summed E-state index contributed by atoms with van der Waals surface area (Å²) in [6, 6.07) is 11.7. The number of carbonyl (C=O) groups excluding carboxylic acids is 1. The fraction of sp³-hybridized carbons (Fsp3) is 0.440. The number of guanidine groups is 1. The van der Waals surface area contributed by atoms with E-state index in [4.69, 9.17) is 14.5 Å². The third kappa shape index (κ3) is 6.15. The van der Waals surface area contributed by atoms with E-state index in [1.54, 1.807) is 0 Å². The van der Waals surface area contributed by atoms with E-state index in [0.29, 0.717) is 31.8 Å². The van der Waals surface area contributed by atoms with Crippen LogP contribution in [0.1, 0.15) is 54.7 Å². The summed E-state index contributed by atoms with van der Waals surface area (Å²) in [5.74, 6) is 2.48. The van der Waals surface area contributed by atoms with Crippen molar-refractivity contribution in [3.63, 3.8) is 0 Å². The first-order valence-corrected chi connectivity index (χ1v) is 11.4. The average Bonchev–Trinajstić information content (AvgIpc) is 3.15. The zero-order valence-corrected chi connectivity index (χ0v) is 19.5. The molecule has 0 fully saturated rings. The van der Waals surface area contributed by atoms with Crippen molar-refractivity contribution in [2.24, 2.45) is 4.99 Å². The monoisotopic (exact) mass is 438 g/mol. The Hall–Kier alpha value is -3.22. The third-order valence-corrected chi connectivity index (χ3v) is 5.14. The molecule has 1 aliphatic heterocycles. The van der Waals surface area contributed by atoms with E-state index in [2.05, 4.69) is 35.0 Å². The third-order valence-electron chi connectivity index (χ3n) is 5.14. The first kappa shape index (κ1) is 23.4. The summed E-state index contributed by atoms with van der Waals surface area (Å²) in [6.07, 6.45) is 1.10. The van der Waals surface area contributed by atoms with Crippen LogP contribution in [0.3, 0.4) is 0 Å². The largest absolute Gasteiger partial charge is 0.494 e. The lowest BCUT2D eigenvalue weighted by molar-refractivity contribution is 0.0956. The van der Waals surface area contributed by atoms with Gasteiger partial charge in [-0.25, -0.2) is 4.99 Å². The zero-order valence-electron chi connectivity index (χ0n) is 19.5. The van der Waals surface area contributed by atoms with Gasteiger partial charge in [-0.3, -0.25) is 4.79 Å². The highest BCUT2D eigenvalue weighted by Gasteiger charge is 2.22. The van der Waals surface area contributed by atoms with E-state index in [1.807, 2.05) is 45.0 Å². The maximum absolute atomic E-state index is 11.9. The normalized spacial score (nSPS) is 15.0. The lowest BCUT2D eigenvalue weighted by atomic mass is 10.1. The summed E-state index contributed by atoms with van der Waals surface area (Å²) >= 11 is 0. The number of amides is 1. The van der Waals surface area contributed by atoms with Gasteiger partial charge < -0.3 is 25.4 Å². The van der Waals surface area contributed by atoms with Crippen LogP contribution in [-0.4, -0.2) is 37.7 Å². The Morgan fingerprint density at radius 3 is 2.53 bits per heavy atom. The van der Waals surface area contributed by atoms with E-state index in [0.717, 1.165) is 41.6 Å². The van der Waals surface area contributed by atoms with Gasteiger partial charge in [0.25, 0.3) is 5.91 Å². The Kier molecular flexibility index (Phi) is 8.36. The molecule has 0 aromatic heterocycles. The molecule has 32 heavy (non-hydrogen) atoms. The molecule has 1 amide bonds. The van der Waals surface area contributed by atoms with Gasteiger partial charge >= 0.3 is 0 Å². The van der Waals surface area contributed by atoms with Crippen LogP contribution < -0.4 is 25.4 Å². The van der Waals surface area contributed by atoms with Crippen molar-refractivity contribution in [1.29, 1.82) is 0 Å². The summed E-state index contributed by atoms with van der Waals surface area (Å²) < 4.78 is 11.8. The fourth-order valence-electron chi connectivity index (χ4n) is 3.62. The predicted molar refractivity (Wildman–Crippen MR) is 128 cm³/mol. The minimum absolute atomic E-state index is 0.0598. The summed E-state index contributed by atoms with van der Waals surface area (Å²) in [6.45, 7) is 11.1. The van der Waals surface area contributed by atoms with Gasteiger partial charge in [-0.1, -0.05) is 12.1 Å². The molecular formula is C25H34N4O3. The number of benzene rings is 2. The molecule has 1 heterocycles. The van der Waals surface area contributed by atoms with E-state index >= 15 is 0 Å². The average molecular weight is 439 g/mol. The Morgan fingerprint density at radius 2 is 1.84 bits per heavy atom. The van der Waals surface area contributed by atoms with E-state index < -0.39 is 0 Å². The van der Waals surface area contributed by atoms with Crippen LogP contribution in [0.2, 0.25) is 0 Å². The quantitative estimate of drug-likeness (QED) is 0.413. The summed E-state index contributed by atoms with van der Waals surface area (Å²) in [4.78, 5) is 16.6. The molecule has 3 rings (SSSR count). The number of hydrogen-bond acceptors (Lipinski definition) is 4. The van der Waals surface area contributed by atoms with Gasteiger partial charge in [0, 0.05) is 42.7 Å². The molecule has 3 N–H and O–H groups in total. The molecule has 2 aromatic rings. The van der Waals surface area contributed by atoms with E-state index in [1.165, 1.54) is 5.56 Å². The molecule has 1 atom stereocenters. The van der Waals surface area contributed by atoms with E-state index in [-0.39, 0.29) is 12.0 Å². The maximum atomic E-state index is 11.9. The minimum atomic E-state index is -0.0598. The predicted octanol–water partition coefficient (Wildman–Crippen LogP) is 3.41. The SMILES string of the molecule is CCNC(=O)c1ccc(CN=C(NCC)NCc2cc3c(cc2OCC)CC(C)O3)cc1. The van der Waals surface area contributed by atoms with Crippen molar-refractivity contribution in [1.82, 2.24) is 16.0 Å². The van der Waals surface area contributed by atoms with Crippen LogP contribution in [0.25, 0.3) is 0 Å². The maximum Gasteiger partial charge on any atom is 0.251 e. The Balaban J connectivity index is 1.67. The number of ether oxygens (including phenoxy) is 2. The van der Waals surface area contributed by atoms with Crippen LogP contribution in [0.4, 0.5) is 0 Å². The molecule has 7 heteroatoms. The topological polar surface area (TPSA) is 84.0 Å². The van der Waals surface area contributed by atoms with Crippen LogP contribution in [-0.2, 0) is 19.5 Å². The second-order valence-electron chi connectivity index (χ2n) is 7.74. The van der Waals surface area contributed by atoms with Gasteiger partial charge in [0.15, 0.2) is 5.96 Å². The highest BCUT2D eigenvalue weighted by Crippen LogP contribution is 2.35. The molecule has 1 unspecified atom stereocenters. The second-order valence-corrected chi connectivity index (χ2v) is 7.74. The lowest BCUT2D eigenvalue weighted by Crippen LogP contribution is -2.36. The molecule has 2 aromatic carbocycles. The fourth-order valence-corrected chi connectivity index (χ4v) is 3.62. The molecule has 1 aliphatic rings. The first-order chi connectivity index (χ1) is 15.5. The van der Waals surface area contributed by atoms with Gasteiger partial charge in [0.1, 0.15) is 17.6 Å². The summed E-state index contributed by atoms with van der Waals surface area (Å²) in [7, 11) is 0. The van der Waals surface area contributed by atoms with E-state index in [9.17, 15) is 4.79 Å².